The number of hydrogen-bond donors (Lipinski definition) is 3. The minimum atomic E-state index is 0.0669. The van der Waals surface area contributed by atoms with E-state index in [1.807, 2.05) is 31.3 Å². The summed E-state index contributed by atoms with van der Waals surface area (Å²) >= 11 is 0. The molecule has 0 aliphatic heterocycles. The van der Waals surface area contributed by atoms with Gasteiger partial charge in [0.1, 0.15) is 5.75 Å². The second kappa shape index (κ2) is 3.35. The average molecular weight is 190 g/mol. The van der Waals surface area contributed by atoms with E-state index in [2.05, 4.69) is 4.98 Å². The Morgan fingerprint density at radius 2 is 2.21 bits per heavy atom. The molecule has 0 saturated heterocycles. The van der Waals surface area contributed by atoms with Gasteiger partial charge in [0, 0.05) is 23.1 Å². The van der Waals surface area contributed by atoms with Crippen molar-refractivity contribution in [2.75, 3.05) is 0 Å². The van der Waals surface area contributed by atoms with Crippen molar-refractivity contribution in [1.82, 2.24) is 4.98 Å². The van der Waals surface area contributed by atoms with Gasteiger partial charge in [0.25, 0.3) is 0 Å². The summed E-state index contributed by atoms with van der Waals surface area (Å²) < 4.78 is 0. The zero-order valence-corrected chi connectivity index (χ0v) is 8.12. The first-order valence-electron chi connectivity index (χ1n) is 4.72. The first kappa shape index (κ1) is 9.09. The van der Waals surface area contributed by atoms with Crippen molar-refractivity contribution in [2.24, 2.45) is 5.73 Å². The van der Waals surface area contributed by atoms with Gasteiger partial charge in [-0.3, -0.25) is 0 Å². The molecule has 0 fully saturated rings. The van der Waals surface area contributed by atoms with Crippen LogP contribution in [-0.2, 0) is 6.42 Å². The number of aromatic amines is 1. The summed E-state index contributed by atoms with van der Waals surface area (Å²) in [5.41, 5.74) is 7.56. The van der Waals surface area contributed by atoms with Crippen LogP contribution in [0.15, 0.2) is 24.4 Å². The van der Waals surface area contributed by atoms with Crippen LogP contribution in [0.1, 0.15) is 12.5 Å². The molecular formula is C11H14N2O. The molecule has 1 aromatic carbocycles. The number of aromatic hydroxyl groups is 1. The van der Waals surface area contributed by atoms with E-state index in [1.54, 1.807) is 0 Å². The molecule has 1 heterocycles. The molecule has 1 unspecified atom stereocenters. The zero-order valence-electron chi connectivity index (χ0n) is 8.12. The van der Waals surface area contributed by atoms with Crippen LogP contribution >= 0.6 is 0 Å². The van der Waals surface area contributed by atoms with Crippen LogP contribution in [0.25, 0.3) is 10.9 Å². The molecule has 0 amide bonds. The standard InChI is InChI=1S/C11H14N2O/c1-7(12)6-8-2-3-10-9(11(8)14)4-5-13-10/h2-5,7,13-14H,6,12H2,1H3. The number of benzene rings is 1. The number of hydrogen-bond acceptors (Lipinski definition) is 2. The summed E-state index contributed by atoms with van der Waals surface area (Å²) in [6, 6.07) is 5.82. The number of H-pyrrole nitrogens is 1. The van der Waals surface area contributed by atoms with E-state index in [-0.39, 0.29) is 6.04 Å². The highest BCUT2D eigenvalue weighted by atomic mass is 16.3. The Kier molecular flexibility index (Phi) is 2.17. The number of phenols is 1. The van der Waals surface area contributed by atoms with E-state index in [4.69, 9.17) is 5.73 Å². The van der Waals surface area contributed by atoms with Crippen LogP contribution < -0.4 is 5.73 Å². The molecule has 1 aromatic heterocycles. The highest BCUT2D eigenvalue weighted by Crippen LogP contribution is 2.28. The topological polar surface area (TPSA) is 62.0 Å². The van der Waals surface area contributed by atoms with Crippen molar-refractivity contribution in [3.8, 4) is 5.75 Å². The molecule has 0 spiro atoms. The van der Waals surface area contributed by atoms with Crippen LogP contribution in [0, 0.1) is 0 Å². The third-order valence-corrected chi connectivity index (χ3v) is 2.33. The molecule has 0 saturated carbocycles. The van der Waals surface area contributed by atoms with Gasteiger partial charge >= 0.3 is 0 Å². The number of rotatable bonds is 2. The lowest BCUT2D eigenvalue weighted by Gasteiger charge is -2.07. The van der Waals surface area contributed by atoms with E-state index >= 15 is 0 Å². The van der Waals surface area contributed by atoms with E-state index in [0.29, 0.717) is 12.2 Å². The Hall–Kier alpha value is -1.48. The molecule has 4 N–H and O–H groups in total. The van der Waals surface area contributed by atoms with Crippen LogP contribution in [0.5, 0.6) is 5.75 Å². The van der Waals surface area contributed by atoms with Gasteiger partial charge in [0.2, 0.25) is 0 Å². The highest BCUT2D eigenvalue weighted by Gasteiger charge is 2.08. The monoisotopic (exact) mass is 190 g/mol. The van der Waals surface area contributed by atoms with Crippen molar-refractivity contribution < 1.29 is 5.11 Å². The van der Waals surface area contributed by atoms with Crippen LogP contribution in [0.4, 0.5) is 0 Å². The van der Waals surface area contributed by atoms with Gasteiger partial charge in [0.15, 0.2) is 0 Å². The van der Waals surface area contributed by atoms with E-state index in [0.717, 1.165) is 16.5 Å². The maximum Gasteiger partial charge on any atom is 0.128 e. The Bertz CT molecular complexity index is 445. The molecule has 2 aromatic rings. The first-order chi connectivity index (χ1) is 6.68. The van der Waals surface area contributed by atoms with Crippen molar-refractivity contribution in [3.05, 3.63) is 30.0 Å². The lowest BCUT2D eigenvalue weighted by Crippen LogP contribution is -2.17. The van der Waals surface area contributed by atoms with Gasteiger partial charge in [-0.25, -0.2) is 0 Å². The third-order valence-electron chi connectivity index (χ3n) is 2.33. The molecular weight excluding hydrogens is 176 g/mol. The molecule has 0 radical (unpaired) electrons. The van der Waals surface area contributed by atoms with Gasteiger partial charge in [-0.1, -0.05) is 6.07 Å². The number of aromatic nitrogens is 1. The molecule has 2 rings (SSSR count). The average Bonchev–Trinajstić information content (AvgIpc) is 2.57. The normalized spacial score (nSPS) is 13.3. The summed E-state index contributed by atoms with van der Waals surface area (Å²) in [7, 11) is 0. The molecule has 3 nitrogen and oxygen atoms in total. The van der Waals surface area contributed by atoms with E-state index in [9.17, 15) is 5.11 Å². The minimum Gasteiger partial charge on any atom is -0.507 e. The maximum absolute atomic E-state index is 9.91. The fourth-order valence-corrected chi connectivity index (χ4v) is 1.67. The van der Waals surface area contributed by atoms with E-state index in [1.165, 1.54) is 0 Å². The Balaban J connectivity index is 2.51. The Morgan fingerprint density at radius 1 is 1.43 bits per heavy atom. The van der Waals surface area contributed by atoms with Crippen molar-refractivity contribution in [3.63, 3.8) is 0 Å². The van der Waals surface area contributed by atoms with Crippen LogP contribution in [-0.4, -0.2) is 16.1 Å². The van der Waals surface area contributed by atoms with Gasteiger partial charge in [-0.15, -0.1) is 0 Å². The smallest absolute Gasteiger partial charge is 0.128 e. The lowest BCUT2D eigenvalue weighted by atomic mass is 10.0. The quantitative estimate of drug-likeness (QED) is 0.675. The molecule has 14 heavy (non-hydrogen) atoms. The summed E-state index contributed by atoms with van der Waals surface area (Å²) in [5.74, 6) is 0.348. The van der Waals surface area contributed by atoms with Gasteiger partial charge in [-0.05, 0) is 31.0 Å². The zero-order chi connectivity index (χ0) is 10.1. The third kappa shape index (κ3) is 1.46. The second-order valence-electron chi connectivity index (χ2n) is 3.69. The lowest BCUT2D eigenvalue weighted by molar-refractivity contribution is 0.472. The van der Waals surface area contributed by atoms with Crippen LogP contribution in [0.2, 0.25) is 0 Å². The van der Waals surface area contributed by atoms with Crippen molar-refractivity contribution >= 4 is 10.9 Å². The summed E-state index contributed by atoms with van der Waals surface area (Å²) in [5, 5.41) is 10.8. The van der Waals surface area contributed by atoms with Gasteiger partial charge in [-0.2, -0.15) is 0 Å². The molecule has 0 bridgehead atoms. The van der Waals surface area contributed by atoms with Crippen LogP contribution in [0.3, 0.4) is 0 Å². The maximum atomic E-state index is 9.91. The van der Waals surface area contributed by atoms with Crippen molar-refractivity contribution in [1.29, 1.82) is 0 Å². The van der Waals surface area contributed by atoms with Crippen molar-refractivity contribution in [2.45, 2.75) is 19.4 Å². The fraction of sp³-hybridized carbons (Fsp3) is 0.273. The minimum absolute atomic E-state index is 0.0669. The Morgan fingerprint density at radius 3 is 2.93 bits per heavy atom. The Labute approximate surface area is 82.6 Å². The first-order valence-corrected chi connectivity index (χ1v) is 4.72. The summed E-state index contributed by atoms with van der Waals surface area (Å²) in [6.07, 6.45) is 2.52. The largest absolute Gasteiger partial charge is 0.507 e. The number of phenolic OH excluding ortho intramolecular Hbond substituents is 1. The molecule has 1 atom stereocenters. The van der Waals surface area contributed by atoms with Gasteiger partial charge in [0.05, 0.1) is 0 Å². The summed E-state index contributed by atoms with van der Waals surface area (Å²) in [4.78, 5) is 3.05. The van der Waals surface area contributed by atoms with Gasteiger partial charge < -0.3 is 15.8 Å². The number of nitrogens with one attached hydrogen (secondary N) is 1. The summed E-state index contributed by atoms with van der Waals surface area (Å²) in [6.45, 7) is 1.93. The molecule has 74 valence electrons. The number of fused-ring (bicyclic) bond motifs is 1. The predicted molar refractivity (Wildman–Crippen MR) is 57.3 cm³/mol. The second-order valence-corrected chi connectivity index (χ2v) is 3.69. The SMILES string of the molecule is CC(N)Cc1ccc2[nH]ccc2c1O. The predicted octanol–water partition coefficient (Wildman–Crippen LogP) is 1.76. The fourth-order valence-electron chi connectivity index (χ4n) is 1.67. The molecule has 0 aliphatic carbocycles. The molecule has 3 heteroatoms. The number of nitrogens with two attached hydrogens (primary N) is 1. The molecule has 0 aliphatic rings. The highest BCUT2D eigenvalue weighted by molar-refractivity contribution is 5.86. The van der Waals surface area contributed by atoms with E-state index < -0.39 is 0 Å².